The van der Waals surface area contributed by atoms with Crippen LogP contribution in [0.15, 0.2) is 18.2 Å². The van der Waals surface area contributed by atoms with Gasteiger partial charge in [-0.15, -0.1) is 0 Å². The second-order valence-electron chi connectivity index (χ2n) is 4.64. The molecule has 0 aliphatic carbocycles. The number of benzene rings is 1. The first kappa shape index (κ1) is 11.5. The third kappa shape index (κ3) is 3.00. The Balaban J connectivity index is 2.87. The van der Waals surface area contributed by atoms with E-state index in [0.29, 0.717) is 6.54 Å². The highest BCUT2D eigenvalue weighted by molar-refractivity contribution is 6.31. The monoisotopic (exact) mass is 211 g/mol. The SMILES string of the molecule is Cc1ccc(CC(C)(C)CN)c(Cl)c1. The fourth-order valence-corrected chi connectivity index (χ4v) is 1.69. The first-order valence-corrected chi connectivity index (χ1v) is 5.27. The topological polar surface area (TPSA) is 26.0 Å². The number of hydrogen-bond acceptors (Lipinski definition) is 1. The van der Waals surface area contributed by atoms with Crippen LogP contribution in [0, 0.1) is 12.3 Å². The zero-order chi connectivity index (χ0) is 10.8. The molecule has 0 atom stereocenters. The summed E-state index contributed by atoms with van der Waals surface area (Å²) >= 11 is 6.15. The molecule has 0 aliphatic heterocycles. The van der Waals surface area contributed by atoms with Crippen LogP contribution in [-0.2, 0) is 6.42 Å². The molecule has 1 nitrogen and oxygen atoms in total. The molecule has 0 saturated heterocycles. The van der Waals surface area contributed by atoms with Gasteiger partial charge in [0, 0.05) is 5.02 Å². The number of hydrogen-bond donors (Lipinski definition) is 1. The highest BCUT2D eigenvalue weighted by Crippen LogP contribution is 2.26. The summed E-state index contributed by atoms with van der Waals surface area (Å²) in [6.45, 7) is 7.04. The Morgan fingerprint density at radius 3 is 2.50 bits per heavy atom. The van der Waals surface area contributed by atoms with Crippen molar-refractivity contribution < 1.29 is 0 Å². The van der Waals surface area contributed by atoms with Crippen molar-refractivity contribution in [3.63, 3.8) is 0 Å². The molecule has 0 heterocycles. The van der Waals surface area contributed by atoms with Gasteiger partial charge in [0.25, 0.3) is 0 Å². The van der Waals surface area contributed by atoms with Crippen molar-refractivity contribution in [1.29, 1.82) is 0 Å². The number of aryl methyl sites for hydroxylation is 1. The van der Waals surface area contributed by atoms with E-state index in [1.54, 1.807) is 0 Å². The van der Waals surface area contributed by atoms with Crippen LogP contribution in [0.5, 0.6) is 0 Å². The second-order valence-corrected chi connectivity index (χ2v) is 5.05. The number of halogens is 1. The molecule has 1 aromatic carbocycles. The van der Waals surface area contributed by atoms with Gasteiger partial charge < -0.3 is 5.73 Å². The van der Waals surface area contributed by atoms with Gasteiger partial charge in [-0.2, -0.15) is 0 Å². The van der Waals surface area contributed by atoms with Gasteiger partial charge in [-0.25, -0.2) is 0 Å². The molecule has 14 heavy (non-hydrogen) atoms. The maximum atomic E-state index is 6.15. The van der Waals surface area contributed by atoms with Crippen LogP contribution in [0.25, 0.3) is 0 Å². The van der Waals surface area contributed by atoms with E-state index >= 15 is 0 Å². The first-order valence-electron chi connectivity index (χ1n) is 4.90. The van der Waals surface area contributed by atoms with E-state index in [9.17, 15) is 0 Å². The van der Waals surface area contributed by atoms with Crippen LogP contribution in [0.3, 0.4) is 0 Å². The average Bonchev–Trinajstić information content (AvgIpc) is 2.10. The predicted octanol–water partition coefficient (Wildman–Crippen LogP) is 3.18. The van der Waals surface area contributed by atoms with Crippen LogP contribution < -0.4 is 5.73 Å². The molecule has 1 rings (SSSR count). The smallest absolute Gasteiger partial charge is 0.0440 e. The van der Waals surface area contributed by atoms with Crippen molar-refractivity contribution in [2.24, 2.45) is 11.1 Å². The lowest BCUT2D eigenvalue weighted by atomic mass is 9.86. The fourth-order valence-electron chi connectivity index (χ4n) is 1.38. The maximum absolute atomic E-state index is 6.15. The van der Waals surface area contributed by atoms with E-state index in [1.807, 2.05) is 13.0 Å². The Kier molecular flexibility index (Phi) is 3.57. The highest BCUT2D eigenvalue weighted by atomic mass is 35.5. The van der Waals surface area contributed by atoms with Gasteiger partial charge in [0.1, 0.15) is 0 Å². The zero-order valence-corrected chi connectivity index (χ0v) is 9.86. The molecule has 0 radical (unpaired) electrons. The predicted molar refractivity (Wildman–Crippen MR) is 62.7 cm³/mol. The number of nitrogens with two attached hydrogens (primary N) is 1. The quantitative estimate of drug-likeness (QED) is 0.817. The molecule has 0 saturated carbocycles. The third-order valence-corrected chi connectivity index (χ3v) is 2.78. The zero-order valence-electron chi connectivity index (χ0n) is 9.10. The molecular formula is C12H18ClN. The molecule has 78 valence electrons. The van der Waals surface area contributed by atoms with Gasteiger partial charge in [0.05, 0.1) is 0 Å². The summed E-state index contributed by atoms with van der Waals surface area (Å²) in [5.41, 5.74) is 8.20. The minimum absolute atomic E-state index is 0.124. The molecule has 0 unspecified atom stereocenters. The Morgan fingerprint density at radius 2 is 2.00 bits per heavy atom. The maximum Gasteiger partial charge on any atom is 0.0440 e. The lowest BCUT2D eigenvalue weighted by molar-refractivity contribution is 0.377. The normalized spacial score (nSPS) is 11.8. The van der Waals surface area contributed by atoms with Gasteiger partial charge in [0.2, 0.25) is 0 Å². The molecular weight excluding hydrogens is 194 g/mol. The molecule has 2 heteroatoms. The molecule has 0 amide bonds. The van der Waals surface area contributed by atoms with E-state index in [1.165, 1.54) is 11.1 Å². The summed E-state index contributed by atoms with van der Waals surface area (Å²) < 4.78 is 0. The fraction of sp³-hybridized carbons (Fsp3) is 0.500. The Bertz CT molecular complexity index is 318. The summed E-state index contributed by atoms with van der Waals surface area (Å²) in [7, 11) is 0. The van der Waals surface area contributed by atoms with Gasteiger partial charge in [-0.1, -0.05) is 37.6 Å². The minimum Gasteiger partial charge on any atom is -0.330 e. The molecule has 1 aromatic rings. The van der Waals surface area contributed by atoms with Crippen molar-refractivity contribution in [3.05, 3.63) is 34.3 Å². The Hall–Kier alpha value is -0.530. The summed E-state index contributed by atoms with van der Waals surface area (Å²) in [4.78, 5) is 0. The van der Waals surface area contributed by atoms with Crippen LogP contribution in [0.4, 0.5) is 0 Å². The summed E-state index contributed by atoms with van der Waals surface area (Å²) in [5, 5.41) is 0.853. The molecule has 0 aromatic heterocycles. The third-order valence-electron chi connectivity index (χ3n) is 2.43. The van der Waals surface area contributed by atoms with Crippen LogP contribution >= 0.6 is 11.6 Å². The lowest BCUT2D eigenvalue weighted by Crippen LogP contribution is -2.26. The van der Waals surface area contributed by atoms with E-state index < -0.39 is 0 Å². The van der Waals surface area contributed by atoms with Crippen molar-refractivity contribution in [3.8, 4) is 0 Å². The molecule has 0 aliphatic rings. The van der Waals surface area contributed by atoms with E-state index in [-0.39, 0.29) is 5.41 Å². The Labute approximate surface area is 91.3 Å². The standard InChI is InChI=1S/C12H18ClN/c1-9-4-5-10(11(13)6-9)7-12(2,3)8-14/h4-6H,7-8,14H2,1-3H3. The molecule has 0 fully saturated rings. The summed E-state index contributed by atoms with van der Waals surface area (Å²) in [5.74, 6) is 0. The van der Waals surface area contributed by atoms with Crippen LogP contribution in [0.1, 0.15) is 25.0 Å². The van der Waals surface area contributed by atoms with Crippen LogP contribution in [0.2, 0.25) is 5.02 Å². The van der Waals surface area contributed by atoms with Gasteiger partial charge in [-0.3, -0.25) is 0 Å². The molecule has 0 bridgehead atoms. The number of rotatable bonds is 3. The van der Waals surface area contributed by atoms with Crippen molar-refractivity contribution in [1.82, 2.24) is 0 Å². The highest BCUT2D eigenvalue weighted by Gasteiger charge is 2.17. The van der Waals surface area contributed by atoms with Gasteiger partial charge in [0.15, 0.2) is 0 Å². The summed E-state index contributed by atoms with van der Waals surface area (Å²) in [6, 6.07) is 6.19. The van der Waals surface area contributed by atoms with E-state index in [0.717, 1.165) is 11.4 Å². The second kappa shape index (κ2) is 4.33. The first-order chi connectivity index (χ1) is 6.44. The van der Waals surface area contributed by atoms with E-state index in [2.05, 4.69) is 26.0 Å². The summed E-state index contributed by atoms with van der Waals surface area (Å²) in [6.07, 6.45) is 0.933. The largest absolute Gasteiger partial charge is 0.330 e. The Morgan fingerprint density at radius 1 is 1.36 bits per heavy atom. The minimum atomic E-state index is 0.124. The lowest BCUT2D eigenvalue weighted by Gasteiger charge is -2.22. The van der Waals surface area contributed by atoms with E-state index in [4.69, 9.17) is 17.3 Å². The van der Waals surface area contributed by atoms with Crippen molar-refractivity contribution >= 4 is 11.6 Å². The average molecular weight is 212 g/mol. The molecule has 2 N–H and O–H groups in total. The van der Waals surface area contributed by atoms with Gasteiger partial charge in [-0.05, 0) is 42.5 Å². The van der Waals surface area contributed by atoms with Gasteiger partial charge >= 0.3 is 0 Å². The van der Waals surface area contributed by atoms with Crippen molar-refractivity contribution in [2.75, 3.05) is 6.54 Å². The molecule has 0 spiro atoms. The van der Waals surface area contributed by atoms with Crippen molar-refractivity contribution in [2.45, 2.75) is 27.2 Å². The van der Waals surface area contributed by atoms with Crippen LogP contribution in [-0.4, -0.2) is 6.54 Å².